The maximum absolute atomic E-state index is 12.4. The van der Waals surface area contributed by atoms with Crippen molar-refractivity contribution in [2.24, 2.45) is 0 Å². The van der Waals surface area contributed by atoms with Gasteiger partial charge in [0.25, 0.3) is 9.84 Å². The van der Waals surface area contributed by atoms with Gasteiger partial charge in [-0.1, -0.05) is 0 Å². The van der Waals surface area contributed by atoms with Crippen LogP contribution in [-0.2, 0) is 14.6 Å². The van der Waals surface area contributed by atoms with E-state index in [4.69, 9.17) is 0 Å². The van der Waals surface area contributed by atoms with Crippen molar-refractivity contribution in [3.63, 3.8) is 0 Å². The zero-order valence-electron chi connectivity index (χ0n) is 11.6. The normalized spacial score (nSPS) is 13.6. The molecule has 0 aliphatic rings. The minimum Gasteiger partial charge on any atom is -0.374 e. The molecule has 1 N–H and O–H groups in total. The van der Waals surface area contributed by atoms with E-state index in [0.717, 1.165) is 12.1 Å². The van der Waals surface area contributed by atoms with Gasteiger partial charge in [0.2, 0.25) is 5.91 Å². The quantitative estimate of drug-likeness (QED) is 0.918. The van der Waals surface area contributed by atoms with Crippen molar-refractivity contribution in [1.29, 1.82) is 0 Å². The smallest absolute Gasteiger partial charge is 0.374 e. The molecule has 1 atom stereocenters. The van der Waals surface area contributed by atoms with Crippen molar-refractivity contribution in [3.05, 3.63) is 24.3 Å². The first-order valence-electron chi connectivity index (χ1n) is 5.86. The molecule has 0 fully saturated rings. The number of nitrogens with zero attached hydrogens (tertiary/aromatic N) is 1. The summed E-state index contributed by atoms with van der Waals surface area (Å²) in [5.41, 5.74) is -4.99. The van der Waals surface area contributed by atoms with Crippen LogP contribution >= 0.6 is 0 Å². The molecule has 1 amide bonds. The van der Waals surface area contributed by atoms with E-state index in [1.807, 2.05) is 0 Å². The lowest BCUT2D eigenvalue weighted by Gasteiger charge is -2.19. The molecule has 1 rings (SSSR count). The van der Waals surface area contributed by atoms with Gasteiger partial charge in [0.05, 0.1) is 4.90 Å². The van der Waals surface area contributed by atoms with Crippen molar-refractivity contribution in [2.45, 2.75) is 23.4 Å². The molecule has 9 heteroatoms. The topological polar surface area (TPSA) is 66.5 Å². The maximum atomic E-state index is 12.4. The Hall–Kier alpha value is -1.77. The van der Waals surface area contributed by atoms with Gasteiger partial charge in [-0.3, -0.25) is 4.79 Å². The zero-order chi connectivity index (χ0) is 16.4. The minimum atomic E-state index is -5.35. The maximum Gasteiger partial charge on any atom is 0.501 e. The van der Waals surface area contributed by atoms with E-state index in [1.54, 1.807) is 21.0 Å². The van der Waals surface area contributed by atoms with Gasteiger partial charge in [0.15, 0.2) is 0 Å². The van der Waals surface area contributed by atoms with Crippen molar-refractivity contribution in [1.82, 2.24) is 4.90 Å². The summed E-state index contributed by atoms with van der Waals surface area (Å²) in [6.07, 6.45) is 0. The highest BCUT2D eigenvalue weighted by Crippen LogP contribution is 2.30. The monoisotopic (exact) mass is 324 g/mol. The summed E-state index contributed by atoms with van der Waals surface area (Å²) in [6, 6.07) is 3.46. The number of hydrogen-bond acceptors (Lipinski definition) is 4. The number of benzene rings is 1. The molecule has 0 radical (unpaired) electrons. The van der Waals surface area contributed by atoms with E-state index in [2.05, 4.69) is 5.32 Å². The predicted molar refractivity (Wildman–Crippen MR) is 71.5 cm³/mol. The van der Waals surface area contributed by atoms with Gasteiger partial charge >= 0.3 is 5.51 Å². The lowest BCUT2D eigenvalue weighted by atomic mass is 10.2. The number of halogens is 3. The number of amides is 1. The molecule has 0 aromatic heterocycles. The molecule has 0 bridgehead atoms. The van der Waals surface area contributed by atoms with Crippen LogP contribution in [0.3, 0.4) is 0 Å². The van der Waals surface area contributed by atoms with Gasteiger partial charge in [-0.2, -0.15) is 13.2 Å². The van der Waals surface area contributed by atoms with Crippen molar-refractivity contribution >= 4 is 21.4 Å². The molecule has 1 aromatic carbocycles. The van der Waals surface area contributed by atoms with Gasteiger partial charge in [-0.05, 0) is 31.2 Å². The molecule has 0 aliphatic heterocycles. The van der Waals surface area contributed by atoms with Crippen LogP contribution in [-0.4, -0.2) is 44.9 Å². The largest absolute Gasteiger partial charge is 0.501 e. The summed E-state index contributed by atoms with van der Waals surface area (Å²) in [6.45, 7) is 1.59. The Labute approximate surface area is 120 Å². The molecular weight excluding hydrogens is 309 g/mol. The molecule has 5 nitrogen and oxygen atoms in total. The Kier molecular flexibility index (Phi) is 4.87. The third kappa shape index (κ3) is 3.87. The number of nitrogens with one attached hydrogen (secondary N) is 1. The molecule has 0 saturated carbocycles. The van der Waals surface area contributed by atoms with Crippen molar-refractivity contribution in [3.8, 4) is 0 Å². The Bertz CT molecular complexity index is 610. The molecule has 118 valence electrons. The van der Waals surface area contributed by atoms with E-state index in [9.17, 15) is 26.4 Å². The van der Waals surface area contributed by atoms with Crippen LogP contribution in [0.25, 0.3) is 0 Å². The van der Waals surface area contributed by atoms with E-state index >= 15 is 0 Å². The summed E-state index contributed by atoms with van der Waals surface area (Å²) >= 11 is 0. The SMILES string of the molecule is CC(Nc1ccc(S(=O)(=O)C(F)(F)F)cc1)C(=O)N(C)C. The number of likely N-dealkylation sites (N-methyl/N-ethyl adjacent to an activating group) is 1. The average molecular weight is 324 g/mol. The van der Waals surface area contributed by atoms with Crippen LogP contribution in [0.4, 0.5) is 18.9 Å². The molecular formula is C12H15F3N2O3S. The average Bonchev–Trinajstić information content (AvgIpc) is 2.36. The fourth-order valence-corrected chi connectivity index (χ4v) is 2.32. The highest BCUT2D eigenvalue weighted by Gasteiger charge is 2.46. The summed E-state index contributed by atoms with van der Waals surface area (Å²) < 4.78 is 59.5. The lowest BCUT2D eigenvalue weighted by molar-refractivity contribution is -0.129. The van der Waals surface area contributed by atoms with Crippen LogP contribution in [0.15, 0.2) is 29.2 Å². The highest BCUT2D eigenvalue weighted by molar-refractivity contribution is 7.92. The third-order valence-corrected chi connectivity index (χ3v) is 4.17. The molecule has 0 heterocycles. The van der Waals surface area contributed by atoms with E-state index < -0.39 is 26.3 Å². The van der Waals surface area contributed by atoms with Crippen LogP contribution < -0.4 is 5.32 Å². The molecule has 0 saturated heterocycles. The third-order valence-electron chi connectivity index (χ3n) is 2.66. The Balaban J connectivity index is 2.92. The van der Waals surface area contributed by atoms with Gasteiger partial charge in [0.1, 0.15) is 6.04 Å². The van der Waals surface area contributed by atoms with Gasteiger partial charge in [0, 0.05) is 19.8 Å². The van der Waals surface area contributed by atoms with Crippen LogP contribution in [0, 0.1) is 0 Å². The zero-order valence-corrected chi connectivity index (χ0v) is 12.4. The van der Waals surface area contributed by atoms with E-state index in [0.29, 0.717) is 5.69 Å². The first kappa shape index (κ1) is 17.3. The fraction of sp³-hybridized carbons (Fsp3) is 0.417. The minimum absolute atomic E-state index is 0.220. The van der Waals surface area contributed by atoms with E-state index in [1.165, 1.54) is 17.0 Å². The fourth-order valence-electron chi connectivity index (χ4n) is 1.56. The number of anilines is 1. The Morgan fingerprint density at radius 2 is 1.67 bits per heavy atom. The first-order valence-corrected chi connectivity index (χ1v) is 7.34. The van der Waals surface area contributed by atoms with E-state index in [-0.39, 0.29) is 5.91 Å². The van der Waals surface area contributed by atoms with Gasteiger partial charge in [-0.15, -0.1) is 0 Å². The second kappa shape index (κ2) is 5.92. The molecule has 1 unspecified atom stereocenters. The van der Waals surface area contributed by atoms with Gasteiger partial charge < -0.3 is 10.2 Å². The number of alkyl halides is 3. The second-order valence-corrected chi connectivity index (χ2v) is 6.51. The molecule has 0 aliphatic carbocycles. The standard InChI is InChI=1S/C12H15F3N2O3S/c1-8(11(18)17(2)3)16-9-4-6-10(7-5-9)21(19,20)12(13,14)15/h4-8,16H,1-3H3. The summed E-state index contributed by atoms with van der Waals surface area (Å²) in [5.74, 6) is -0.220. The molecule has 21 heavy (non-hydrogen) atoms. The number of carbonyl (C=O) groups excluding carboxylic acids is 1. The number of rotatable bonds is 4. The van der Waals surface area contributed by atoms with Gasteiger partial charge in [-0.25, -0.2) is 8.42 Å². The van der Waals surface area contributed by atoms with Crippen molar-refractivity contribution in [2.75, 3.05) is 19.4 Å². The lowest BCUT2D eigenvalue weighted by Crippen LogP contribution is -2.36. The molecule has 0 spiro atoms. The second-order valence-electron chi connectivity index (χ2n) is 4.57. The van der Waals surface area contributed by atoms with Crippen LogP contribution in [0.5, 0.6) is 0 Å². The van der Waals surface area contributed by atoms with Crippen LogP contribution in [0.2, 0.25) is 0 Å². The van der Waals surface area contributed by atoms with Crippen molar-refractivity contribution < 1.29 is 26.4 Å². The summed E-state index contributed by atoms with van der Waals surface area (Å²) in [5, 5.41) is 2.77. The number of hydrogen-bond donors (Lipinski definition) is 1. The summed E-state index contributed by atoms with van der Waals surface area (Å²) in [4.78, 5) is 12.1. The first-order chi connectivity index (χ1) is 9.46. The highest BCUT2D eigenvalue weighted by atomic mass is 32.2. The Morgan fingerprint density at radius 3 is 2.05 bits per heavy atom. The Morgan fingerprint density at radius 1 is 1.19 bits per heavy atom. The predicted octanol–water partition coefficient (Wildman–Crippen LogP) is 1.87. The van der Waals surface area contributed by atoms with Crippen LogP contribution in [0.1, 0.15) is 6.92 Å². The number of carbonyl (C=O) groups is 1. The number of sulfone groups is 1. The summed E-state index contributed by atoms with van der Waals surface area (Å²) in [7, 11) is -2.22. The molecule has 1 aromatic rings.